The lowest BCUT2D eigenvalue weighted by molar-refractivity contribution is -0.138. The van der Waals surface area contributed by atoms with Crippen LogP contribution >= 0.6 is 0 Å². The van der Waals surface area contributed by atoms with Gasteiger partial charge in [-0.2, -0.15) is 18.3 Å². The van der Waals surface area contributed by atoms with Crippen molar-refractivity contribution >= 4 is 11.7 Å². The Kier molecular flexibility index (Phi) is 6.68. The molecule has 1 aliphatic heterocycles. The minimum absolute atomic E-state index is 0.0168. The summed E-state index contributed by atoms with van der Waals surface area (Å²) in [6.45, 7) is 3.03. The average molecular weight is 475 g/mol. The molecule has 0 bridgehead atoms. The summed E-state index contributed by atoms with van der Waals surface area (Å²) < 4.78 is 48.0. The molecule has 0 spiro atoms. The molecule has 0 saturated carbocycles. The summed E-state index contributed by atoms with van der Waals surface area (Å²) in [5.74, 6) is -0.892. The SMILES string of the molecule is NC(=O)c1cnn(-c2nc(-c3ccc(OCCCN4CCCC4)c(C(F)(F)F)c3)cnc2N)c1. The van der Waals surface area contributed by atoms with E-state index < -0.39 is 17.6 Å². The minimum Gasteiger partial charge on any atom is -0.493 e. The fourth-order valence-electron chi connectivity index (χ4n) is 3.78. The van der Waals surface area contributed by atoms with Gasteiger partial charge >= 0.3 is 6.18 Å². The lowest BCUT2D eigenvalue weighted by Crippen LogP contribution is -2.22. The summed E-state index contributed by atoms with van der Waals surface area (Å²) in [4.78, 5) is 21.9. The fourth-order valence-corrected chi connectivity index (χ4v) is 3.78. The number of carbonyl (C=O) groups excluding carboxylic acids is 1. The number of nitrogen functional groups attached to an aromatic ring is 1. The van der Waals surface area contributed by atoms with Crippen molar-refractivity contribution in [3.8, 4) is 22.8 Å². The molecule has 1 saturated heterocycles. The maximum absolute atomic E-state index is 13.8. The second kappa shape index (κ2) is 9.67. The lowest BCUT2D eigenvalue weighted by Gasteiger charge is -2.17. The molecule has 1 amide bonds. The van der Waals surface area contributed by atoms with Crippen LogP contribution in [-0.2, 0) is 6.18 Å². The van der Waals surface area contributed by atoms with Crippen LogP contribution < -0.4 is 16.2 Å². The number of nitrogens with zero attached hydrogens (tertiary/aromatic N) is 5. The number of likely N-dealkylation sites (tertiary alicyclic amines) is 1. The molecule has 0 unspecified atom stereocenters. The van der Waals surface area contributed by atoms with Gasteiger partial charge in [-0.15, -0.1) is 0 Å². The van der Waals surface area contributed by atoms with Gasteiger partial charge in [0.05, 0.1) is 35.8 Å². The van der Waals surface area contributed by atoms with E-state index in [2.05, 4.69) is 20.0 Å². The standard InChI is InChI=1S/C22H24F3N7O2/c23-22(24,25)16-10-14(4-5-18(16)34-9-3-8-31-6-1-2-7-31)17-12-28-19(26)21(30-17)32-13-15(11-29-32)20(27)33/h4-5,10-13H,1-3,6-9H2,(H2,26,28)(H2,27,33). The Morgan fingerprint density at radius 3 is 2.62 bits per heavy atom. The van der Waals surface area contributed by atoms with Crippen molar-refractivity contribution in [2.75, 3.05) is 32.0 Å². The number of amides is 1. The zero-order valence-electron chi connectivity index (χ0n) is 18.3. The number of hydrogen-bond donors (Lipinski definition) is 2. The molecule has 2 aromatic heterocycles. The molecule has 3 aromatic rings. The number of ether oxygens (including phenoxy) is 1. The number of anilines is 1. The second-order valence-corrected chi connectivity index (χ2v) is 7.96. The Balaban J connectivity index is 1.57. The van der Waals surface area contributed by atoms with Crippen LogP contribution in [0.25, 0.3) is 17.1 Å². The summed E-state index contributed by atoms with van der Waals surface area (Å²) in [6, 6.07) is 3.73. The fraction of sp³-hybridized carbons (Fsp3) is 0.364. The van der Waals surface area contributed by atoms with Crippen molar-refractivity contribution in [3.05, 3.63) is 47.9 Å². The smallest absolute Gasteiger partial charge is 0.419 e. The normalized spacial score (nSPS) is 14.4. The summed E-state index contributed by atoms with van der Waals surface area (Å²) in [5.41, 5.74) is 10.6. The molecular formula is C22H24F3N7O2. The van der Waals surface area contributed by atoms with Crippen molar-refractivity contribution in [3.63, 3.8) is 0 Å². The molecule has 0 aliphatic carbocycles. The van der Waals surface area contributed by atoms with Crippen LogP contribution in [0, 0.1) is 0 Å². The summed E-state index contributed by atoms with van der Waals surface area (Å²) >= 11 is 0. The van der Waals surface area contributed by atoms with Gasteiger partial charge in [-0.25, -0.2) is 14.6 Å². The molecule has 34 heavy (non-hydrogen) atoms. The molecule has 0 radical (unpaired) electrons. The molecule has 1 aliphatic rings. The number of primary amides is 1. The van der Waals surface area contributed by atoms with Crippen molar-refractivity contribution in [2.45, 2.75) is 25.4 Å². The van der Waals surface area contributed by atoms with Crippen LogP contribution in [0.1, 0.15) is 35.2 Å². The van der Waals surface area contributed by atoms with Crippen LogP contribution in [0.2, 0.25) is 0 Å². The predicted molar refractivity (Wildman–Crippen MR) is 118 cm³/mol. The number of halogens is 3. The number of hydrogen-bond acceptors (Lipinski definition) is 7. The number of rotatable bonds is 8. The van der Waals surface area contributed by atoms with Gasteiger partial charge in [-0.05, 0) is 50.6 Å². The van der Waals surface area contributed by atoms with Gasteiger partial charge in [0.25, 0.3) is 5.91 Å². The Morgan fingerprint density at radius 2 is 1.94 bits per heavy atom. The second-order valence-electron chi connectivity index (χ2n) is 7.96. The number of aromatic nitrogens is 4. The van der Waals surface area contributed by atoms with E-state index in [0.29, 0.717) is 6.42 Å². The molecule has 1 fully saturated rings. The van der Waals surface area contributed by atoms with Crippen LogP contribution in [-0.4, -0.2) is 56.8 Å². The Labute approximate surface area is 193 Å². The molecule has 4 rings (SSSR count). The van der Waals surface area contributed by atoms with Crippen molar-refractivity contribution in [1.29, 1.82) is 0 Å². The highest BCUT2D eigenvalue weighted by Gasteiger charge is 2.35. The first-order valence-electron chi connectivity index (χ1n) is 10.8. The molecule has 1 aromatic carbocycles. The maximum atomic E-state index is 13.8. The van der Waals surface area contributed by atoms with Crippen molar-refractivity contribution in [1.82, 2.24) is 24.6 Å². The zero-order chi connectivity index (χ0) is 24.3. The minimum atomic E-state index is -4.62. The highest BCUT2D eigenvalue weighted by Crippen LogP contribution is 2.38. The first-order chi connectivity index (χ1) is 16.2. The van der Waals surface area contributed by atoms with Gasteiger partial charge < -0.3 is 21.1 Å². The van der Waals surface area contributed by atoms with E-state index in [4.69, 9.17) is 16.2 Å². The van der Waals surface area contributed by atoms with Crippen LogP contribution in [0.3, 0.4) is 0 Å². The van der Waals surface area contributed by atoms with Crippen LogP contribution in [0.15, 0.2) is 36.8 Å². The number of carbonyl (C=O) groups is 1. The highest BCUT2D eigenvalue weighted by molar-refractivity contribution is 5.92. The highest BCUT2D eigenvalue weighted by atomic mass is 19.4. The number of nitrogens with two attached hydrogens (primary N) is 2. The van der Waals surface area contributed by atoms with E-state index in [-0.39, 0.29) is 40.8 Å². The third-order valence-electron chi connectivity index (χ3n) is 5.52. The van der Waals surface area contributed by atoms with E-state index in [0.717, 1.165) is 38.5 Å². The molecule has 3 heterocycles. The van der Waals surface area contributed by atoms with Gasteiger partial charge in [0.1, 0.15) is 5.75 Å². The predicted octanol–water partition coefficient (Wildman–Crippen LogP) is 2.89. The van der Waals surface area contributed by atoms with E-state index in [1.165, 1.54) is 35.4 Å². The van der Waals surface area contributed by atoms with Crippen LogP contribution in [0.4, 0.5) is 19.0 Å². The molecule has 12 heteroatoms. The molecule has 4 N–H and O–H groups in total. The Morgan fingerprint density at radius 1 is 1.18 bits per heavy atom. The van der Waals surface area contributed by atoms with Crippen molar-refractivity contribution < 1.29 is 22.7 Å². The first kappa shape index (κ1) is 23.5. The molecule has 0 atom stereocenters. The molecule has 9 nitrogen and oxygen atoms in total. The summed E-state index contributed by atoms with van der Waals surface area (Å²) in [5, 5.41) is 3.97. The monoisotopic (exact) mass is 475 g/mol. The first-order valence-corrected chi connectivity index (χ1v) is 10.8. The van der Waals surface area contributed by atoms with Crippen molar-refractivity contribution in [2.24, 2.45) is 5.73 Å². The van der Waals surface area contributed by atoms with Gasteiger partial charge in [0.2, 0.25) is 0 Å². The van der Waals surface area contributed by atoms with Gasteiger partial charge in [0.15, 0.2) is 11.6 Å². The van der Waals surface area contributed by atoms with E-state index in [1.54, 1.807) is 0 Å². The third kappa shape index (κ3) is 5.28. The Bertz CT molecular complexity index is 1170. The van der Waals surface area contributed by atoms with Gasteiger partial charge in [-0.1, -0.05) is 0 Å². The van der Waals surface area contributed by atoms with Gasteiger partial charge in [0, 0.05) is 18.3 Å². The number of alkyl halides is 3. The van der Waals surface area contributed by atoms with Gasteiger partial charge in [-0.3, -0.25) is 4.79 Å². The Hall–Kier alpha value is -3.67. The van der Waals surface area contributed by atoms with E-state index in [9.17, 15) is 18.0 Å². The van der Waals surface area contributed by atoms with E-state index >= 15 is 0 Å². The number of benzene rings is 1. The maximum Gasteiger partial charge on any atom is 0.419 e. The van der Waals surface area contributed by atoms with E-state index in [1.807, 2.05) is 0 Å². The zero-order valence-corrected chi connectivity index (χ0v) is 18.3. The summed E-state index contributed by atoms with van der Waals surface area (Å²) in [7, 11) is 0. The molecular weight excluding hydrogens is 451 g/mol. The topological polar surface area (TPSA) is 125 Å². The quantitative estimate of drug-likeness (QED) is 0.480. The lowest BCUT2D eigenvalue weighted by atomic mass is 10.1. The molecule has 180 valence electrons. The summed E-state index contributed by atoms with van der Waals surface area (Å²) in [6.07, 6.45) is 2.14. The van der Waals surface area contributed by atoms with Crippen LogP contribution in [0.5, 0.6) is 5.75 Å². The largest absolute Gasteiger partial charge is 0.493 e. The average Bonchev–Trinajstić information content (AvgIpc) is 3.49. The third-order valence-corrected chi connectivity index (χ3v) is 5.52.